The fourth-order valence-corrected chi connectivity index (χ4v) is 4.84. The second-order valence-corrected chi connectivity index (χ2v) is 8.48. The third-order valence-electron chi connectivity index (χ3n) is 4.45. The first-order chi connectivity index (χ1) is 12.5. The maximum absolute atomic E-state index is 13.6. The molecule has 1 fully saturated rings. The molecule has 0 amide bonds. The Morgan fingerprint density at radius 3 is 2.85 bits per heavy atom. The van der Waals surface area contributed by atoms with Gasteiger partial charge in [0.15, 0.2) is 15.7 Å². The van der Waals surface area contributed by atoms with E-state index in [0.717, 1.165) is 0 Å². The van der Waals surface area contributed by atoms with Crippen LogP contribution in [0.25, 0.3) is 0 Å². The molecule has 0 bridgehead atoms. The lowest BCUT2D eigenvalue weighted by Gasteiger charge is -2.26. The van der Waals surface area contributed by atoms with Gasteiger partial charge in [0.25, 0.3) is 0 Å². The van der Waals surface area contributed by atoms with Gasteiger partial charge in [-0.25, -0.2) is 12.8 Å². The molecule has 1 atom stereocenters. The molecule has 1 N–H and O–H groups in total. The average molecular weight is 379 g/mol. The van der Waals surface area contributed by atoms with Crippen molar-refractivity contribution in [2.24, 2.45) is 0 Å². The number of rotatable bonds is 7. The second-order valence-electron chi connectivity index (χ2n) is 6.25. The van der Waals surface area contributed by atoms with Gasteiger partial charge in [0, 0.05) is 19.1 Å². The van der Waals surface area contributed by atoms with Gasteiger partial charge in [0.2, 0.25) is 5.95 Å². The van der Waals surface area contributed by atoms with Gasteiger partial charge in [-0.05, 0) is 31.4 Å². The minimum absolute atomic E-state index is 0.120. The molecule has 1 saturated heterocycles. The third kappa shape index (κ3) is 4.46. The van der Waals surface area contributed by atoms with Crippen molar-refractivity contribution in [2.45, 2.75) is 25.8 Å². The summed E-state index contributed by atoms with van der Waals surface area (Å²) in [4.78, 5) is 6.32. The van der Waals surface area contributed by atoms with Crippen molar-refractivity contribution in [3.05, 3.63) is 41.8 Å². The molecule has 1 aliphatic rings. The summed E-state index contributed by atoms with van der Waals surface area (Å²) >= 11 is 0. The van der Waals surface area contributed by atoms with Crippen molar-refractivity contribution in [2.75, 3.05) is 34.8 Å². The van der Waals surface area contributed by atoms with E-state index < -0.39 is 9.84 Å². The highest BCUT2D eigenvalue weighted by Crippen LogP contribution is 2.21. The van der Waals surface area contributed by atoms with Crippen LogP contribution in [0.2, 0.25) is 0 Å². The van der Waals surface area contributed by atoms with E-state index in [1.165, 1.54) is 12.3 Å². The van der Waals surface area contributed by atoms with Gasteiger partial charge in [-0.2, -0.15) is 10.1 Å². The Morgan fingerprint density at radius 2 is 2.15 bits per heavy atom. The van der Waals surface area contributed by atoms with E-state index in [0.29, 0.717) is 43.3 Å². The van der Waals surface area contributed by atoms with Crippen molar-refractivity contribution in [1.29, 1.82) is 0 Å². The lowest BCUT2D eigenvalue weighted by molar-refractivity contribution is 0.598. The van der Waals surface area contributed by atoms with E-state index in [1.54, 1.807) is 18.2 Å². The van der Waals surface area contributed by atoms with Gasteiger partial charge in [-0.3, -0.25) is 0 Å². The van der Waals surface area contributed by atoms with Crippen molar-refractivity contribution in [1.82, 2.24) is 15.2 Å². The molecule has 26 heavy (non-hydrogen) atoms. The Labute approximate surface area is 152 Å². The van der Waals surface area contributed by atoms with Crippen molar-refractivity contribution in [3.8, 4) is 0 Å². The Morgan fingerprint density at radius 1 is 1.35 bits per heavy atom. The first-order valence-corrected chi connectivity index (χ1v) is 10.4. The van der Waals surface area contributed by atoms with Crippen molar-refractivity contribution in [3.63, 3.8) is 0 Å². The number of anilines is 2. The zero-order valence-corrected chi connectivity index (χ0v) is 15.4. The summed E-state index contributed by atoms with van der Waals surface area (Å²) in [5.74, 6) is 1.03. The van der Waals surface area contributed by atoms with E-state index in [1.807, 2.05) is 11.8 Å². The number of hydrogen-bond acceptors (Lipinski definition) is 7. The molecule has 1 aromatic heterocycles. The molecular formula is C17H22FN5O2S. The van der Waals surface area contributed by atoms with Crippen LogP contribution in [0.3, 0.4) is 0 Å². The van der Waals surface area contributed by atoms with Gasteiger partial charge < -0.3 is 10.2 Å². The van der Waals surface area contributed by atoms with E-state index in [2.05, 4.69) is 20.5 Å². The zero-order chi connectivity index (χ0) is 18.6. The molecular weight excluding hydrogens is 357 g/mol. The molecule has 3 rings (SSSR count). The lowest BCUT2D eigenvalue weighted by Crippen LogP contribution is -2.37. The standard InChI is InChI=1S/C17H22FN5O2S/c1-2-23(14-8-10-26(24,25)12-14)17-21-16(11-20-22-17)19-9-7-13-5-3-4-6-15(13)18/h3-6,11,14H,2,7-10,12H2,1H3,(H,19,21,22). The lowest BCUT2D eigenvalue weighted by atomic mass is 10.1. The van der Waals surface area contributed by atoms with Crippen LogP contribution in [0.4, 0.5) is 16.2 Å². The fourth-order valence-electron chi connectivity index (χ4n) is 3.11. The highest BCUT2D eigenvalue weighted by Gasteiger charge is 2.33. The summed E-state index contributed by atoms with van der Waals surface area (Å²) in [5.41, 5.74) is 0.633. The summed E-state index contributed by atoms with van der Waals surface area (Å²) in [6, 6.07) is 6.53. The Balaban J connectivity index is 1.64. The number of nitrogens with one attached hydrogen (secondary N) is 1. The number of aromatic nitrogens is 3. The number of halogens is 1. The molecule has 0 spiro atoms. The topological polar surface area (TPSA) is 88.1 Å². The summed E-state index contributed by atoms with van der Waals surface area (Å²) in [7, 11) is -2.99. The summed E-state index contributed by atoms with van der Waals surface area (Å²) < 4.78 is 37.1. The molecule has 9 heteroatoms. The minimum Gasteiger partial charge on any atom is -0.368 e. The molecule has 1 aliphatic heterocycles. The predicted octanol–water partition coefficient (Wildman–Crippen LogP) is 1.68. The summed E-state index contributed by atoms with van der Waals surface area (Å²) in [6.07, 6.45) is 2.60. The van der Waals surface area contributed by atoms with Crippen LogP contribution in [-0.2, 0) is 16.3 Å². The summed E-state index contributed by atoms with van der Waals surface area (Å²) in [5, 5.41) is 11.1. The molecule has 0 radical (unpaired) electrons. The fraction of sp³-hybridized carbons (Fsp3) is 0.471. The van der Waals surface area contributed by atoms with E-state index in [-0.39, 0.29) is 23.4 Å². The van der Waals surface area contributed by atoms with E-state index in [9.17, 15) is 12.8 Å². The average Bonchev–Trinajstić information content (AvgIpc) is 2.97. The van der Waals surface area contributed by atoms with Gasteiger partial charge in [-0.15, -0.1) is 5.10 Å². The van der Waals surface area contributed by atoms with E-state index in [4.69, 9.17) is 0 Å². The molecule has 2 heterocycles. The number of benzene rings is 1. The Kier molecular flexibility index (Phi) is 5.65. The number of hydrogen-bond donors (Lipinski definition) is 1. The van der Waals surface area contributed by atoms with Crippen LogP contribution in [-0.4, -0.2) is 54.2 Å². The smallest absolute Gasteiger partial charge is 0.247 e. The number of nitrogens with zero attached hydrogens (tertiary/aromatic N) is 4. The van der Waals surface area contributed by atoms with Gasteiger partial charge in [0.05, 0.1) is 17.7 Å². The van der Waals surface area contributed by atoms with Crippen LogP contribution in [0.1, 0.15) is 18.9 Å². The molecule has 0 saturated carbocycles. The highest BCUT2D eigenvalue weighted by atomic mass is 32.2. The van der Waals surface area contributed by atoms with Crippen LogP contribution >= 0.6 is 0 Å². The van der Waals surface area contributed by atoms with Crippen molar-refractivity contribution >= 4 is 21.6 Å². The van der Waals surface area contributed by atoms with E-state index >= 15 is 0 Å². The van der Waals surface area contributed by atoms with Gasteiger partial charge in [0.1, 0.15) is 5.82 Å². The van der Waals surface area contributed by atoms with Crippen LogP contribution in [0.15, 0.2) is 30.5 Å². The Hall–Kier alpha value is -2.29. The first kappa shape index (κ1) is 18.5. The normalized spacial score (nSPS) is 18.6. The quantitative estimate of drug-likeness (QED) is 0.783. The molecule has 7 nitrogen and oxygen atoms in total. The minimum atomic E-state index is -2.99. The highest BCUT2D eigenvalue weighted by molar-refractivity contribution is 7.91. The van der Waals surface area contributed by atoms with Crippen LogP contribution in [0, 0.1) is 5.82 Å². The van der Waals surface area contributed by atoms with Crippen LogP contribution < -0.4 is 10.2 Å². The van der Waals surface area contributed by atoms with Gasteiger partial charge in [-0.1, -0.05) is 18.2 Å². The molecule has 140 valence electrons. The first-order valence-electron chi connectivity index (χ1n) is 8.62. The maximum atomic E-state index is 13.6. The van der Waals surface area contributed by atoms with Crippen LogP contribution in [0.5, 0.6) is 0 Å². The molecule has 1 unspecified atom stereocenters. The molecule has 2 aromatic rings. The predicted molar refractivity (Wildman–Crippen MR) is 98.5 cm³/mol. The second kappa shape index (κ2) is 7.94. The zero-order valence-electron chi connectivity index (χ0n) is 14.6. The molecule has 1 aromatic carbocycles. The SMILES string of the molecule is CCN(c1nncc(NCCc2ccccc2F)n1)C1CCS(=O)(=O)C1. The van der Waals surface area contributed by atoms with Gasteiger partial charge >= 0.3 is 0 Å². The van der Waals surface area contributed by atoms with Crippen molar-refractivity contribution < 1.29 is 12.8 Å². The largest absolute Gasteiger partial charge is 0.368 e. The maximum Gasteiger partial charge on any atom is 0.247 e. The Bertz CT molecular complexity index is 862. The third-order valence-corrected chi connectivity index (χ3v) is 6.20. The monoisotopic (exact) mass is 379 g/mol. The molecule has 0 aliphatic carbocycles. The summed E-state index contributed by atoms with van der Waals surface area (Å²) in [6.45, 7) is 3.04. The number of sulfone groups is 1.